The fourth-order valence-electron chi connectivity index (χ4n) is 2.08. The van der Waals surface area contributed by atoms with Gasteiger partial charge in [0.25, 0.3) is 0 Å². The van der Waals surface area contributed by atoms with E-state index in [4.69, 9.17) is 5.73 Å². The Balaban J connectivity index is 1.94. The molecule has 0 saturated heterocycles. The summed E-state index contributed by atoms with van der Waals surface area (Å²) in [7, 11) is 5.48. The SMILES string of the molecule is Cc1ccc(NC(=O)CN(C)Cc2nc(N)nc(N(C)C)n2)cc1. The molecule has 0 fully saturated rings. The monoisotopic (exact) mass is 329 g/mol. The van der Waals surface area contributed by atoms with Crippen LogP contribution < -0.4 is 16.0 Å². The first-order chi connectivity index (χ1) is 11.3. The number of nitrogens with two attached hydrogens (primary N) is 1. The highest BCUT2D eigenvalue weighted by Gasteiger charge is 2.11. The molecule has 8 heteroatoms. The van der Waals surface area contributed by atoms with Crippen molar-refractivity contribution in [3.63, 3.8) is 0 Å². The number of benzene rings is 1. The first-order valence-electron chi connectivity index (χ1n) is 7.56. The zero-order valence-corrected chi connectivity index (χ0v) is 14.4. The molecule has 0 aliphatic carbocycles. The van der Waals surface area contributed by atoms with E-state index in [2.05, 4.69) is 20.3 Å². The van der Waals surface area contributed by atoms with Gasteiger partial charge in [-0.15, -0.1) is 0 Å². The highest BCUT2D eigenvalue weighted by molar-refractivity contribution is 5.92. The molecule has 3 N–H and O–H groups in total. The number of hydrogen-bond donors (Lipinski definition) is 2. The standard InChI is InChI=1S/C16H23N7O/c1-11-5-7-12(8-6-11)18-14(24)10-23(4)9-13-19-15(17)21-16(20-13)22(2)3/h5-8H,9-10H2,1-4H3,(H,18,24)(H2,17,19,20,21). The van der Waals surface area contributed by atoms with Gasteiger partial charge in [-0.2, -0.15) is 15.0 Å². The Morgan fingerprint density at radius 3 is 2.42 bits per heavy atom. The highest BCUT2D eigenvalue weighted by atomic mass is 16.2. The molecule has 0 radical (unpaired) electrons. The van der Waals surface area contributed by atoms with Gasteiger partial charge in [0.05, 0.1) is 13.1 Å². The van der Waals surface area contributed by atoms with Crippen molar-refractivity contribution in [2.75, 3.05) is 43.6 Å². The Labute approximate surface area is 141 Å². The van der Waals surface area contributed by atoms with Gasteiger partial charge in [-0.1, -0.05) is 17.7 Å². The Hall–Kier alpha value is -2.74. The summed E-state index contributed by atoms with van der Waals surface area (Å²) in [4.78, 5) is 28.2. The molecule has 2 aromatic rings. The number of carbonyl (C=O) groups excluding carboxylic acids is 1. The quantitative estimate of drug-likeness (QED) is 0.812. The number of hydrogen-bond acceptors (Lipinski definition) is 7. The summed E-state index contributed by atoms with van der Waals surface area (Å²) in [5, 5.41) is 2.86. The van der Waals surface area contributed by atoms with Crippen LogP contribution in [-0.2, 0) is 11.3 Å². The van der Waals surface area contributed by atoms with Crippen molar-refractivity contribution in [1.29, 1.82) is 0 Å². The van der Waals surface area contributed by atoms with E-state index in [1.54, 1.807) is 4.90 Å². The van der Waals surface area contributed by atoms with Crippen LogP contribution in [0.3, 0.4) is 0 Å². The van der Waals surface area contributed by atoms with Gasteiger partial charge in [0, 0.05) is 19.8 Å². The third-order valence-electron chi connectivity index (χ3n) is 3.25. The molecule has 1 aromatic carbocycles. The van der Waals surface area contributed by atoms with Gasteiger partial charge in [-0.25, -0.2) is 0 Å². The van der Waals surface area contributed by atoms with Crippen molar-refractivity contribution >= 4 is 23.5 Å². The van der Waals surface area contributed by atoms with Crippen LogP contribution in [0.5, 0.6) is 0 Å². The van der Waals surface area contributed by atoms with Crippen molar-refractivity contribution in [3.05, 3.63) is 35.7 Å². The molecule has 128 valence electrons. The molecule has 8 nitrogen and oxygen atoms in total. The molecule has 1 heterocycles. The van der Waals surface area contributed by atoms with Crippen molar-refractivity contribution < 1.29 is 4.79 Å². The molecular weight excluding hydrogens is 306 g/mol. The van der Waals surface area contributed by atoms with E-state index in [1.165, 1.54) is 0 Å². The summed E-state index contributed by atoms with van der Waals surface area (Å²) < 4.78 is 0. The molecular formula is C16H23N7O. The maximum absolute atomic E-state index is 12.1. The van der Waals surface area contributed by atoms with Crippen LogP contribution in [0.2, 0.25) is 0 Å². The van der Waals surface area contributed by atoms with Gasteiger partial charge < -0.3 is 16.0 Å². The van der Waals surface area contributed by atoms with E-state index in [0.29, 0.717) is 18.3 Å². The molecule has 1 aromatic heterocycles. The number of likely N-dealkylation sites (N-methyl/N-ethyl adjacent to an activating group) is 1. The fraction of sp³-hybridized carbons (Fsp3) is 0.375. The average molecular weight is 329 g/mol. The number of aryl methyl sites for hydroxylation is 1. The zero-order valence-electron chi connectivity index (χ0n) is 14.4. The van der Waals surface area contributed by atoms with Crippen LogP contribution in [0.4, 0.5) is 17.6 Å². The minimum Gasteiger partial charge on any atom is -0.368 e. The van der Waals surface area contributed by atoms with E-state index in [1.807, 2.05) is 57.2 Å². The Morgan fingerprint density at radius 2 is 1.79 bits per heavy atom. The summed E-state index contributed by atoms with van der Waals surface area (Å²) >= 11 is 0. The largest absolute Gasteiger partial charge is 0.368 e. The van der Waals surface area contributed by atoms with Crippen molar-refractivity contribution in [3.8, 4) is 0 Å². The van der Waals surface area contributed by atoms with Crippen LogP contribution in [0.15, 0.2) is 24.3 Å². The molecule has 0 bridgehead atoms. The minimum atomic E-state index is -0.101. The van der Waals surface area contributed by atoms with E-state index >= 15 is 0 Å². The van der Waals surface area contributed by atoms with Gasteiger partial charge in [-0.05, 0) is 26.1 Å². The number of anilines is 3. The van der Waals surface area contributed by atoms with Gasteiger partial charge in [0.1, 0.15) is 5.82 Å². The molecule has 0 aliphatic heterocycles. The number of aromatic nitrogens is 3. The van der Waals surface area contributed by atoms with Crippen LogP contribution in [0.1, 0.15) is 11.4 Å². The van der Waals surface area contributed by atoms with Crippen LogP contribution in [0, 0.1) is 6.92 Å². The van der Waals surface area contributed by atoms with E-state index in [0.717, 1.165) is 11.3 Å². The summed E-state index contributed by atoms with van der Waals surface area (Å²) in [5.41, 5.74) is 7.63. The number of carbonyl (C=O) groups is 1. The molecule has 2 rings (SSSR count). The minimum absolute atomic E-state index is 0.101. The lowest BCUT2D eigenvalue weighted by molar-refractivity contribution is -0.117. The molecule has 1 amide bonds. The summed E-state index contributed by atoms with van der Waals surface area (Å²) in [6.45, 7) is 2.62. The third kappa shape index (κ3) is 5.17. The lowest BCUT2D eigenvalue weighted by Gasteiger charge is -2.17. The predicted molar refractivity (Wildman–Crippen MR) is 94.7 cm³/mol. The first-order valence-corrected chi connectivity index (χ1v) is 7.56. The van der Waals surface area contributed by atoms with E-state index in [9.17, 15) is 4.79 Å². The lowest BCUT2D eigenvalue weighted by atomic mass is 10.2. The Morgan fingerprint density at radius 1 is 1.12 bits per heavy atom. The number of nitrogens with zero attached hydrogens (tertiary/aromatic N) is 5. The van der Waals surface area contributed by atoms with Gasteiger partial charge in [0.2, 0.25) is 17.8 Å². The molecule has 24 heavy (non-hydrogen) atoms. The number of nitrogen functional groups attached to an aromatic ring is 1. The molecule has 0 saturated carbocycles. The number of rotatable bonds is 6. The first kappa shape index (κ1) is 17.6. The van der Waals surface area contributed by atoms with Crippen LogP contribution >= 0.6 is 0 Å². The topological polar surface area (TPSA) is 100 Å². The van der Waals surface area contributed by atoms with Crippen molar-refractivity contribution in [2.24, 2.45) is 0 Å². The van der Waals surface area contributed by atoms with Crippen LogP contribution in [-0.4, -0.2) is 53.4 Å². The summed E-state index contributed by atoms with van der Waals surface area (Å²) in [6, 6.07) is 7.66. The van der Waals surface area contributed by atoms with Gasteiger partial charge in [-0.3, -0.25) is 9.69 Å². The third-order valence-corrected chi connectivity index (χ3v) is 3.25. The van der Waals surface area contributed by atoms with Gasteiger partial charge >= 0.3 is 0 Å². The zero-order chi connectivity index (χ0) is 17.7. The van der Waals surface area contributed by atoms with E-state index in [-0.39, 0.29) is 18.4 Å². The number of nitrogens with one attached hydrogen (secondary N) is 1. The second-order valence-electron chi connectivity index (χ2n) is 5.89. The Bertz CT molecular complexity index is 700. The molecule has 0 aliphatic rings. The maximum Gasteiger partial charge on any atom is 0.238 e. The number of amides is 1. The molecule has 0 atom stereocenters. The predicted octanol–water partition coefficient (Wildman–Crippen LogP) is 0.899. The normalized spacial score (nSPS) is 10.7. The second kappa shape index (κ2) is 7.69. The second-order valence-corrected chi connectivity index (χ2v) is 5.89. The molecule has 0 unspecified atom stereocenters. The van der Waals surface area contributed by atoms with E-state index < -0.39 is 0 Å². The maximum atomic E-state index is 12.1. The fourth-order valence-corrected chi connectivity index (χ4v) is 2.08. The average Bonchev–Trinajstić information content (AvgIpc) is 2.48. The van der Waals surface area contributed by atoms with Crippen molar-refractivity contribution in [1.82, 2.24) is 19.9 Å². The molecule has 0 spiro atoms. The van der Waals surface area contributed by atoms with Gasteiger partial charge in [0.15, 0.2) is 0 Å². The van der Waals surface area contributed by atoms with Crippen molar-refractivity contribution in [2.45, 2.75) is 13.5 Å². The summed E-state index contributed by atoms with van der Waals surface area (Å²) in [5.74, 6) is 1.09. The Kier molecular flexibility index (Phi) is 5.64. The highest BCUT2D eigenvalue weighted by Crippen LogP contribution is 2.09. The van der Waals surface area contributed by atoms with Crippen LogP contribution in [0.25, 0.3) is 0 Å². The smallest absolute Gasteiger partial charge is 0.238 e. The lowest BCUT2D eigenvalue weighted by Crippen LogP contribution is -2.30. The summed E-state index contributed by atoms with van der Waals surface area (Å²) in [6.07, 6.45) is 0.